The van der Waals surface area contributed by atoms with Gasteiger partial charge >= 0.3 is 6.09 Å². The van der Waals surface area contributed by atoms with Gasteiger partial charge in [0.1, 0.15) is 5.60 Å². The molecular weight excluding hydrogens is 182 g/mol. The number of rotatable bonds is 3. The standard InChI is InChI=1S/C10H17NO3/c1-5-6-8(7-12)11-9(13)14-10(2,3)4/h7H,5-6H2,1-4H3. The Morgan fingerprint density at radius 1 is 1.43 bits per heavy atom. The summed E-state index contributed by atoms with van der Waals surface area (Å²) < 4.78 is 4.93. The lowest BCUT2D eigenvalue weighted by Crippen LogP contribution is -2.22. The van der Waals surface area contributed by atoms with Crippen LogP contribution in [0.1, 0.15) is 40.5 Å². The number of carbonyl (C=O) groups excluding carboxylic acids is 2. The van der Waals surface area contributed by atoms with Gasteiger partial charge in [-0.1, -0.05) is 13.3 Å². The molecule has 0 aliphatic rings. The van der Waals surface area contributed by atoms with Crippen LogP contribution in [0, 0.1) is 0 Å². The highest BCUT2D eigenvalue weighted by Gasteiger charge is 2.15. The fourth-order valence-corrected chi connectivity index (χ4v) is 0.799. The van der Waals surface area contributed by atoms with Gasteiger partial charge in [0.05, 0.1) is 5.71 Å². The zero-order valence-electron chi connectivity index (χ0n) is 9.16. The third kappa shape index (κ3) is 6.34. The number of ether oxygens (including phenoxy) is 1. The summed E-state index contributed by atoms with van der Waals surface area (Å²) in [6, 6.07) is 0. The molecule has 0 saturated heterocycles. The van der Waals surface area contributed by atoms with Crippen LogP contribution in [0.5, 0.6) is 0 Å². The molecule has 1 amide bonds. The van der Waals surface area contributed by atoms with Gasteiger partial charge in [-0.3, -0.25) is 4.79 Å². The molecule has 0 rings (SSSR count). The molecule has 0 unspecified atom stereocenters. The van der Waals surface area contributed by atoms with E-state index in [-0.39, 0.29) is 5.71 Å². The van der Waals surface area contributed by atoms with E-state index < -0.39 is 11.7 Å². The van der Waals surface area contributed by atoms with E-state index >= 15 is 0 Å². The van der Waals surface area contributed by atoms with Gasteiger partial charge in [-0.2, -0.15) is 4.99 Å². The molecule has 0 aromatic heterocycles. The van der Waals surface area contributed by atoms with E-state index in [4.69, 9.17) is 4.74 Å². The molecule has 0 heterocycles. The second-order valence-electron chi connectivity index (χ2n) is 3.95. The van der Waals surface area contributed by atoms with Gasteiger partial charge in [-0.15, -0.1) is 0 Å². The van der Waals surface area contributed by atoms with Crippen LogP contribution in [-0.4, -0.2) is 23.7 Å². The molecule has 14 heavy (non-hydrogen) atoms. The van der Waals surface area contributed by atoms with Crippen molar-refractivity contribution in [2.75, 3.05) is 0 Å². The fraction of sp³-hybridized carbons (Fsp3) is 0.700. The number of nitrogens with zero attached hydrogens (tertiary/aromatic N) is 1. The zero-order valence-corrected chi connectivity index (χ0v) is 9.16. The predicted octanol–water partition coefficient (Wildman–Crippen LogP) is 2.36. The minimum absolute atomic E-state index is 0.238. The van der Waals surface area contributed by atoms with Crippen molar-refractivity contribution in [3.05, 3.63) is 0 Å². The number of carbonyl (C=O) groups is 2. The van der Waals surface area contributed by atoms with Crippen molar-refractivity contribution < 1.29 is 14.3 Å². The van der Waals surface area contributed by atoms with Crippen molar-refractivity contribution in [3.8, 4) is 0 Å². The second kappa shape index (κ2) is 5.52. The normalized spacial score (nSPS) is 12.4. The van der Waals surface area contributed by atoms with Crippen LogP contribution in [0.2, 0.25) is 0 Å². The van der Waals surface area contributed by atoms with Gasteiger partial charge in [-0.05, 0) is 27.2 Å². The van der Waals surface area contributed by atoms with Gasteiger partial charge in [0.2, 0.25) is 0 Å². The third-order valence-electron chi connectivity index (χ3n) is 1.27. The van der Waals surface area contributed by atoms with E-state index in [1.165, 1.54) is 0 Å². The molecule has 0 aromatic carbocycles. The summed E-state index contributed by atoms with van der Waals surface area (Å²) in [6.07, 6.45) is 1.17. The summed E-state index contributed by atoms with van der Waals surface area (Å²) in [6.45, 7) is 7.16. The smallest absolute Gasteiger partial charge is 0.434 e. The van der Waals surface area contributed by atoms with Crippen molar-refractivity contribution >= 4 is 18.1 Å². The van der Waals surface area contributed by atoms with Gasteiger partial charge in [-0.25, -0.2) is 4.79 Å². The summed E-state index contributed by atoms with van der Waals surface area (Å²) >= 11 is 0. The quantitative estimate of drug-likeness (QED) is 0.518. The van der Waals surface area contributed by atoms with Crippen LogP contribution in [0.25, 0.3) is 0 Å². The van der Waals surface area contributed by atoms with Gasteiger partial charge in [0.15, 0.2) is 6.29 Å². The predicted molar refractivity (Wildman–Crippen MR) is 54.6 cm³/mol. The molecule has 80 valence electrons. The first kappa shape index (κ1) is 12.8. The SMILES string of the molecule is CCCC(C=O)=NC(=O)OC(C)(C)C. The van der Waals surface area contributed by atoms with Gasteiger partial charge < -0.3 is 4.74 Å². The van der Waals surface area contributed by atoms with Crippen LogP contribution < -0.4 is 0 Å². The minimum Gasteiger partial charge on any atom is -0.442 e. The molecule has 0 atom stereocenters. The maximum absolute atomic E-state index is 11.1. The molecule has 0 saturated carbocycles. The van der Waals surface area contributed by atoms with E-state index in [0.29, 0.717) is 12.7 Å². The molecule has 0 aromatic rings. The molecule has 0 N–H and O–H groups in total. The Morgan fingerprint density at radius 2 is 2.00 bits per heavy atom. The molecule has 0 radical (unpaired) electrons. The maximum atomic E-state index is 11.1. The van der Waals surface area contributed by atoms with Crippen molar-refractivity contribution in [1.82, 2.24) is 0 Å². The lowest BCUT2D eigenvalue weighted by atomic mass is 10.2. The van der Waals surface area contributed by atoms with Crippen LogP contribution >= 0.6 is 0 Å². The summed E-state index contributed by atoms with van der Waals surface area (Å²) in [4.78, 5) is 25.1. The third-order valence-corrected chi connectivity index (χ3v) is 1.27. The van der Waals surface area contributed by atoms with E-state index in [1.54, 1.807) is 20.8 Å². The van der Waals surface area contributed by atoms with Crippen LogP contribution in [0.3, 0.4) is 0 Å². The maximum Gasteiger partial charge on any atom is 0.434 e. The van der Waals surface area contributed by atoms with Crippen molar-refractivity contribution in [1.29, 1.82) is 0 Å². The Bertz CT molecular complexity index is 238. The number of aliphatic imine (C=N–C) groups is 1. The van der Waals surface area contributed by atoms with E-state index in [2.05, 4.69) is 4.99 Å². The number of hydrogen-bond acceptors (Lipinski definition) is 3. The van der Waals surface area contributed by atoms with Crippen molar-refractivity contribution in [2.45, 2.75) is 46.1 Å². The lowest BCUT2D eigenvalue weighted by Gasteiger charge is -2.17. The Balaban J connectivity index is 4.32. The highest BCUT2D eigenvalue weighted by molar-refractivity contribution is 6.30. The monoisotopic (exact) mass is 199 g/mol. The second-order valence-corrected chi connectivity index (χ2v) is 3.95. The van der Waals surface area contributed by atoms with Crippen LogP contribution in [0.15, 0.2) is 4.99 Å². The summed E-state index contributed by atoms with van der Waals surface area (Å²) in [5, 5.41) is 0. The molecule has 0 fully saturated rings. The average Bonchev–Trinajstić information content (AvgIpc) is 2.00. The molecule has 0 bridgehead atoms. The molecule has 0 aliphatic heterocycles. The summed E-state index contributed by atoms with van der Waals surface area (Å²) in [5.74, 6) is 0. The Hall–Kier alpha value is -1.19. The Morgan fingerprint density at radius 3 is 2.36 bits per heavy atom. The minimum atomic E-state index is -0.701. The average molecular weight is 199 g/mol. The highest BCUT2D eigenvalue weighted by atomic mass is 16.6. The number of hydrogen-bond donors (Lipinski definition) is 0. The van der Waals surface area contributed by atoms with Crippen LogP contribution in [-0.2, 0) is 9.53 Å². The Labute approximate surface area is 84.4 Å². The molecule has 4 nitrogen and oxygen atoms in total. The summed E-state index contributed by atoms with van der Waals surface area (Å²) in [7, 11) is 0. The van der Waals surface area contributed by atoms with Gasteiger partial charge in [0.25, 0.3) is 0 Å². The first-order valence-electron chi connectivity index (χ1n) is 4.64. The highest BCUT2D eigenvalue weighted by Crippen LogP contribution is 2.08. The fourth-order valence-electron chi connectivity index (χ4n) is 0.799. The van der Waals surface area contributed by atoms with E-state index in [9.17, 15) is 9.59 Å². The summed E-state index contributed by atoms with van der Waals surface area (Å²) in [5.41, 5.74) is -0.331. The molecule has 4 heteroatoms. The lowest BCUT2D eigenvalue weighted by molar-refractivity contribution is -0.102. The van der Waals surface area contributed by atoms with E-state index in [1.807, 2.05) is 6.92 Å². The molecule has 0 aliphatic carbocycles. The van der Waals surface area contributed by atoms with Gasteiger partial charge in [0, 0.05) is 0 Å². The molecule has 0 spiro atoms. The number of aldehydes is 1. The van der Waals surface area contributed by atoms with E-state index in [0.717, 1.165) is 6.42 Å². The van der Waals surface area contributed by atoms with Crippen LogP contribution in [0.4, 0.5) is 4.79 Å². The Kier molecular flexibility index (Phi) is 5.05. The van der Waals surface area contributed by atoms with Crippen molar-refractivity contribution in [2.24, 2.45) is 4.99 Å². The van der Waals surface area contributed by atoms with Crippen molar-refractivity contribution in [3.63, 3.8) is 0 Å². The topological polar surface area (TPSA) is 55.7 Å². The first-order chi connectivity index (χ1) is 6.39. The first-order valence-corrected chi connectivity index (χ1v) is 4.64. The number of amides is 1. The molecular formula is C10H17NO3. The largest absolute Gasteiger partial charge is 0.442 e. The zero-order chi connectivity index (χ0) is 11.2.